The number of β-amino-alcohol motifs (C(OH)–C–C–N with tert-alkyl or cyclic N) is 1. The summed E-state index contributed by atoms with van der Waals surface area (Å²) in [7, 11) is 0. The van der Waals surface area contributed by atoms with Gasteiger partial charge in [-0.1, -0.05) is 0 Å². The lowest BCUT2D eigenvalue weighted by Gasteiger charge is -2.20. The fraction of sp³-hybridized carbons (Fsp3) is 0.923. The topological polar surface area (TPSA) is 57.1 Å². The average Bonchev–Trinajstić information content (AvgIpc) is 2.73. The number of rotatable bonds is 6. The number of aliphatic hydroxyl groups excluding tert-OH is 1. The lowest BCUT2D eigenvalue weighted by atomic mass is 10.3. The van der Waals surface area contributed by atoms with Crippen LogP contribution in [0.1, 0.15) is 33.6 Å². The number of nitrogens with one attached hydrogen (secondary N) is 1. The fourth-order valence-electron chi connectivity index (χ4n) is 1.93. The zero-order valence-electron chi connectivity index (χ0n) is 11.9. The Morgan fingerprint density at radius 2 is 2.33 bits per heavy atom. The maximum atomic E-state index is 9.54. The number of nitrogens with zero attached hydrogens (tertiary/aromatic N) is 2. The average molecular weight is 257 g/mol. The standard InChI is InChI=1S/C13H27N3O2/c1-4-14-13(16-8-6-12(17)10-16)15-7-5-9-18-11(2)3/h11-12,17H,4-10H2,1-3H3,(H,14,15). The molecule has 5 nitrogen and oxygen atoms in total. The van der Waals surface area contributed by atoms with Crippen molar-refractivity contribution in [3.05, 3.63) is 0 Å². The largest absolute Gasteiger partial charge is 0.391 e. The summed E-state index contributed by atoms with van der Waals surface area (Å²) < 4.78 is 5.48. The van der Waals surface area contributed by atoms with Crippen LogP contribution in [0.15, 0.2) is 4.99 Å². The maximum absolute atomic E-state index is 9.54. The minimum Gasteiger partial charge on any atom is -0.391 e. The number of guanidine groups is 1. The highest BCUT2D eigenvalue weighted by Gasteiger charge is 2.22. The Hall–Kier alpha value is -0.810. The molecule has 1 aliphatic heterocycles. The molecule has 0 radical (unpaired) electrons. The van der Waals surface area contributed by atoms with Gasteiger partial charge in [-0.25, -0.2) is 0 Å². The molecule has 1 unspecified atom stereocenters. The number of aliphatic imine (C=N–C) groups is 1. The molecule has 0 aromatic rings. The summed E-state index contributed by atoms with van der Waals surface area (Å²) in [6.45, 7) is 10.1. The van der Waals surface area contributed by atoms with E-state index < -0.39 is 0 Å². The minimum atomic E-state index is -0.210. The zero-order chi connectivity index (χ0) is 13.4. The van der Waals surface area contributed by atoms with E-state index in [2.05, 4.69) is 22.1 Å². The Labute approximate surface area is 110 Å². The van der Waals surface area contributed by atoms with Gasteiger partial charge in [0.1, 0.15) is 0 Å². The smallest absolute Gasteiger partial charge is 0.194 e. The number of hydrogen-bond donors (Lipinski definition) is 2. The first-order valence-electron chi connectivity index (χ1n) is 6.96. The monoisotopic (exact) mass is 257 g/mol. The van der Waals surface area contributed by atoms with E-state index in [1.807, 2.05) is 13.8 Å². The molecular weight excluding hydrogens is 230 g/mol. The van der Waals surface area contributed by atoms with Crippen LogP contribution in [0, 0.1) is 0 Å². The molecule has 0 bridgehead atoms. The van der Waals surface area contributed by atoms with Crippen LogP contribution in [0.25, 0.3) is 0 Å². The maximum Gasteiger partial charge on any atom is 0.194 e. The van der Waals surface area contributed by atoms with Gasteiger partial charge >= 0.3 is 0 Å². The highest BCUT2D eigenvalue weighted by atomic mass is 16.5. The van der Waals surface area contributed by atoms with Crippen LogP contribution >= 0.6 is 0 Å². The molecule has 1 heterocycles. The van der Waals surface area contributed by atoms with E-state index >= 15 is 0 Å². The summed E-state index contributed by atoms with van der Waals surface area (Å²) in [5.41, 5.74) is 0. The van der Waals surface area contributed by atoms with E-state index in [1.165, 1.54) is 0 Å². The molecule has 0 aliphatic carbocycles. The molecular formula is C13H27N3O2. The molecule has 0 saturated carbocycles. The van der Waals surface area contributed by atoms with Gasteiger partial charge in [-0.3, -0.25) is 4.99 Å². The van der Waals surface area contributed by atoms with Crippen LogP contribution in [-0.4, -0.2) is 61.0 Å². The van der Waals surface area contributed by atoms with Gasteiger partial charge < -0.3 is 20.1 Å². The van der Waals surface area contributed by atoms with E-state index in [1.54, 1.807) is 0 Å². The van der Waals surface area contributed by atoms with E-state index in [4.69, 9.17) is 4.74 Å². The number of hydrogen-bond acceptors (Lipinski definition) is 3. The van der Waals surface area contributed by atoms with E-state index in [-0.39, 0.29) is 12.2 Å². The molecule has 1 saturated heterocycles. The van der Waals surface area contributed by atoms with Gasteiger partial charge in [0.05, 0.1) is 12.2 Å². The van der Waals surface area contributed by atoms with Gasteiger partial charge in [-0.2, -0.15) is 0 Å². The van der Waals surface area contributed by atoms with Crippen LogP contribution in [0.2, 0.25) is 0 Å². The van der Waals surface area contributed by atoms with Gasteiger partial charge in [-0.05, 0) is 33.6 Å². The molecule has 1 rings (SSSR count). The number of likely N-dealkylation sites (tertiary alicyclic amines) is 1. The molecule has 2 N–H and O–H groups in total. The summed E-state index contributed by atoms with van der Waals surface area (Å²) in [4.78, 5) is 6.69. The summed E-state index contributed by atoms with van der Waals surface area (Å²) >= 11 is 0. The summed E-state index contributed by atoms with van der Waals surface area (Å²) in [5, 5.41) is 12.8. The number of ether oxygens (including phenoxy) is 1. The molecule has 5 heteroatoms. The Bertz CT molecular complexity index is 257. The second-order valence-corrected chi connectivity index (χ2v) is 4.90. The summed E-state index contributed by atoms with van der Waals surface area (Å²) in [5.74, 6) is 0.915. The third-order valence-corrected chi connectivity index (χ3v) is 2.81. The Morgan fingerprint density at radius 3 is 2.89 bits per heavy atom. The van der Waals surface area contributed by atoms with Crippen molar-refractivity contribution in [1.82, 2.24) is 10.2 Å². The van der Waals surface area contributed by atoms with Crippen molar-refractivity contribution in [3.63, 3.8) is 0 Å². The van der Waals surface area contributed by atoms with Crippen molar-refractivity contribution < 1.29 is 9.84 Å². The second-order valence-electron chi connectivity index (χ2n) is 4.90. The Balaban J connectivity index is 2.31. The van der Waals surface area contributed by atoms with Crippen molar-refractivity contribution in [1.29, 1.82) is 0 Å². The van der Waals surface area contributed by atoms with Gasteiger partial charge in [0.2, 0.25) is 0 Å². The highest BCUT2D eigenvalue weighted by molar-refractivity contribution is 5.80. The molecule has 1 atom stereocenters. The van der Waals surface area contributed by atoms with Crippen LogP contribution < -0.4 is 5.32 Å². The van der Waals surface area contributed by atoms with E-state index in [0.29, 0.717) is 6.54 Å². The van der Waals surface area contributed by atoms with Crippen molar-refractivity contribution in [2.45, 2.75) is 45.8 Å². The lowest BCUT2D eigenvalue weighted by Crippen LogP contribution is -2.40. The van der Waals surface area contributed by atoms with E-state index in [9.17, 15) is 5.11 Å². The molecule has 106 valence electrons. The van der Waals surface area contributed by atoms with Gasteiger partial charge in [-0.15, -0.1) is 0 Å². The fourth-order valence-corrected chi connectivity index (χ4v) is 1.93. The Morgan fingerprint density at radius 1 is 1.56 bits per heavy atom. The minimum absolute atomic E-state index is 0.210. The first-order valence-corrected chi connectivity index (χ1v) is 6.96. The first-order chi connectivity index (χ1) is 8.63. The van der Waals surface area contributed by atoms with Crippen LogP contribution in [0.5, 0.6) is 0 Å². The molecule has 1 aliphatic rings. The normalized spacial score (nSPS) is 20.8. The van der Waals surface area contributed by atoms with Crippen molar-refractivity contribution in [2.75, 3.05) is 32.8 Å². The van der Waals surface area contributed by atoms with Crippen LogP contribution in [0.3, 0.4) is 0 Å². The Kier molecular flexibility index (Phi) is 7.05. The second kappa shape index (κ2) is 8.32. The molecule has 0 aromatic carbocycles. The first kappa shape index (κ1) is 15.2. The SMILES string of the molecule is CCNC(=NCCCOC(C)C)N1CCC(O)C1. The predicted octanol–water partition coefficient (Wildman–Crippen LogP) is 0.834. The third kappa shape index (κ3) is 5.69. The van der Waals surface area contributed by atoms with Gasteiger partial charge in [0, 0.05) is 32.8 Å². The molecule has 0 amide bonds. The predicted molar refractivity (Wildman–Crippen MR) is 73.9 cm³/mol. The van der Waals surface area contributed by atoms with Crippen LogP contribution in [0.4, 0.5) is 0 Å². The van der Waals surface area contributed by atoms with Crippen molar-refractivity contribution >= 4 is 5.96 Å². The molecule has 1 fully saturated rings. The third-order valence-electron chi connectivity index (χ3n) is 2.81. The van der Waals surface area contributed by atoms with Gasteiger partial charge in [0.15, 0.2) is 5.96 Å². The summed E-state index contributed by atoms with van der Waals surface area (Å²) in [6, 6.07) is 0. The van der Waals surface area contributed by atoms with Gasteiger partial charge in [0.25, 0.3) is 0 Å². The van der Waals surface area contributed by atoms with Crippen molar-refractivity contribution in [2.24, 2.45) is 4.99 Å². The molecule has 18 heavy (non-hydrogen) atoms. The molecule has 0 spiro atoms. The highest BCUT2D eigenvalue weighted by Crippen LogP contribution is 2.08. The van der Waals surface area contributed by atoms with E-state index in [0.717, 1.165) is 45.0 Å². The zero-order valence-corrected chi connectivity index (χ0v) is 11.9. The summed E-state index contributed by atoms with van der Waals surface area (Å²) in [6.07, 6.45) is 1.85. The number of aliphatic hydroxyl groups is 1. The van der Waals surface area contributed by atoms with Crippen LogP contribution in [-0.2, 0) is 4.74 Å². The molecule has 0 aromatic heterocycles. The van der Waals surface area contributed by atoms with Crippen molar-refractivity contribution in [3.8, 4) is 0 Å². The quantitative estimate of drug-likeness (QED) is 0.420. The lowest BCUT2D eigenvalue weighted by molar-refractivity contribution is 0.0782.